The van der Waals surface area contributed by atoms with Gasteiger partial charge in [-0.2, -0.15) is 0 Å². The first kappa shape index (κ1) is 13.8. The Hall–Kier alpha value is -1.20. The summed E-state index contributed by atoms with van der Waals surface area (Å²) in [6.07, 6.45) is 3.71. The van der Waals surface area contributed by atoms with E-state index in [9.17, 15) is 14.3 Å². The van der Waals surface area contributed by atoms with Crippen LogP contribution in [-0.2, 0) is 10.2 Å². The Labute approximate surface area is 124 Å². The molecule has 2 aliphatic carbocycles. The second-order valence-electron chi connectivity index (χ2n) is 5.74. The molecule has 106 valence electrons. The fourth-order valence-electron chi connectivity index (χ4n) is 3.39. The number of aliphatic carboxylic acids is 1. The molecule has 0 aliphatic heterocycles. The summed E-state index contributed by atoms with van der Waals surface area (Å²) < 4.78 is 15.2. The fraction of sp³-hybridized carbons (Fsp3) is 0.400. The van der Waals surface area contributed by atoms with Gasteiger partial charge in [-0.05, 0) is 43.4 Å². The van der Waals surface area contributed by atoms with E-state index in [1.165, 1.54) is 6.07 Å². The van der Waals surface area contributed by atoms with Crippen molar-refractivity contribution in [2.24, 2.45) is 5.73 Å². The lowest BCUT2D eigenvalue weighted by atomic mass is 9.65. The van der Waals surface area contributed by atoms with Crippen molar-refractivity contribution in [3.05, 3.63) is 39.6 Å². The van der Waals surface area contributed by atoms with Gasteiger partial charge in [0.25, 0.3) is 0 Å². The number of allylic oxidation sites excluding steroid dienone is 1. The summed E-state index contributed by atoms with van der Waals surface area (Å²) in [4.78, 5) is 11.2. The highest BCUT2D eigenvalue weighted by atomic mass is 79.9. The molecule has 1 saturated carbocycles. The number of benzene rings is 1. The summed E-state index contributed by atoms with van der Waals surface area (Å²) in [7, 11) is 0. The Morgan fingerprint density at radius 3 is 2.55 bits per heavy atom. The van der Waals surface area contributed by atoms with Crippen molar-refractivity contribution in [2.75, 3.05) is 0 Å². The number of carbonyl (C=O) groups is 1. The minimum Gasteiger partial charge on any atom is -0.480 e. The predicted molar refractivity (Wildman–Crippen MR) is 78.0 cm³/mol. The van der Waals surface area contributed by atoms with Gasteiger partial charge < -0.3 is 10.8 Å². The van der Waals surface area contributed by atoms with Crippen molar-refractivity contribution in [1.82, 2.24) is 0 Å². The molecule has 3 N–H and O–H groups in total. The highest BCUT2D eigenvalue weighted by molar-refractivity contribution is 9.11. The Morgan fingerprint density at radius 1 is 1.30 bits per heavy atom. The zero-order chi connectivity index (χ0) is 14.5. The topological polar surface area (TPSA) is 63.3 Å². The number of rotatable bonds is 1. The predicted octanol–water partition coefficient (Wildman–Crippen LogP) is 3.17. The van der Waals surface area contributed by atoms with Crippen LogP contribution in [0.2, 0.25) is 0 Å². The summed E-state index contributed by atoms with van der Waals surface area (Å²) in [5.74, 6) is -1.20. The molecular weight excluding hydrogens is 325 g/mol. The zero-order valence-electron chi connectivity index (χ0n) is 10.8. The summed E-state index contributed by atoms with van der Waals surface area (Å²) >= 11 is 3.55. The van der Waals surface area contributed by atoms with Crippen LogP contribution in [0.15, 0.2) is 22.7 Å². The van der Waals surface area contributed by atoms with Gasteiger partial charge in [-0.15, -0.1) is 0 Å². The maximum atomic E-state index is 14.2. The standard InChI is InChI=1S/C15H15BrFNO2/c16-11-8-9-2-1-3-10(17)12(9)14(11)4-6-15(18,7-5-14)13(19)20/h1-3,8H,4-7,18H2,(H,19,20). The summed E-state index contributed by atoms with van der Waals surface area (Å²) in [6, 6.07) is 5.04. The number of hydrogen-bond acceptors (Lipinski definition) is 2. The van der Waals surface area contributed by atoms with Crippen molar-refractivity contribution in [3.63, 3.8) is 0 Å². The largest absolute Gasteiger partial charge is 0.480 e. The molecule has 0 bridgehead atoms. The third-order valence-electron chi connectivity index (χ3n) is 4.69. The molecule has 0 unspecified atom stereocenters. The normalized spacial score (nSPS) is 32.0. The smallest absolute Gasteiger partial charge is 0.323 e. The molecular formula is C15H15BrFNO2. The highest BCUT2D eigenvalue weighted by Crippen LogP contribution is 2.55. The minimum absolute atomic E-state index is 0.229. The Morgan fingerprint density at radius 2 is 1.95 bits per heavy atom. The molecule has 2 aliphatic rings. The van der Waals surface area contributed by atoms with Crippen molar-refractivity contribution in [3.8, 4) is 0 Å². The molecule has 0 saturated heterocycles. The second-order valence-corrected chi connectivity index (χ2v) is 6.59. The van der Waals surface area contributed by atoms with E-state index in [4.69, 9.17) is 5.73 Å². The van der Waals surface area contributed by atoms with Gasteiger partial charge in [0.15, 0.2) is 0 Å². The van der Waals surface area contributed by atoms with E-state index in [0.29, 0.717) is 31.2 Å². The Kier molecular flexibility index (Phi) is 3.03. The van der Waals surface area contributed by atoms with Gasteiger partial charge in [-0.3, -0.25) is 4.79 Å². The molecule has 3 nitrogen and oxygen atoms in total. The molecule has 1 aromatic carbocycles. The first-order valence-corrected chi connectivity index (χ1v) is 7.37. The molecule has 0 aromatic heterocycles. The van der Waals surface area contributed by atoms with E-state index in [1.54, 1.807) is 6.07 Å². The van der Waals surface area contributed by atoms with Gasteiger partial charge >= 0.3 is 5.97 Å². The number of carboxylic acid groups (broad SMARTS) is 1. The van der Waals surface area contributed by atoms with Crippen LogP contribution in [0.5, 0.6) is 0 Å². The summed E-state index contributed by atoms with van der Waals surface area (Å²) in [6.45, 7) is 0. The van der Waals surface area contributed by atoms with Crippen LogP contribution >= 0.6 is 15.9 Å². The van der Waals surface area contributed by atoms with E-state index in [-0.39, 0.29) is 5.82 Å². The SMILES string of the molecule is NC1(C(=O)O)CCC2(CC1)C(Br)=Cc1cccc(F)c12. The minimum atomic E-state index is -1.19. The third kappa shape index (κ3) is 1.76. The lowest BCUT2D eigenvalue weighted by molar-refractivity contribution is -0.145. The lowest BCUT2D eigenvalue weighted by Crippen LogP contribution is -2.53. The molecule has 0 atom stereocenters. The second kappa shape index (κ2) is 4.40. The maximum Gasteiger partial charge on any atom is 0.323 e. The van der Waals surface area contributed by atoms with Crippen LogP contribution in [0.1, 0.15) is 36.8 Å². The quantitative estimate of drug-likeness (QED) is 0.825. The van der Waals surface area contributed by atoms with Gasteiger partial charge in [0.05, 0.1) is 0 Å². The molecule has 1 fully saturated rings. The monoisotopic (exact) mass is 339 g/mol. The Bertz CT molecular complexity index is 618. The van der Waals surface area contributed by atoms with Crippen LogP contribution in [0.4, 0.5) is 4.39 Å². The number of carboxylic acids is 1. The maximum absolute atomic E-state index is 14.2. The molecule has 1 aromatic rings. The zero-order valence-corrected chi connectivity index (χ0v) is 12.4. The van der Waals surface area contributed by atoms with E-state index >= 15 is 0 Å². The number of hydrogen-bond donors (Lipinski definition) is 2. The van der Waals surface area contributed by atoms with Crippen LogP contribution in [-0.4, -0.2) is 16.6 Å². The van der Waals surface area contributed by atoms with E-state index in [0.717, 1.165) is 10.0 Å². The number of halogens is 2. The van der Waals surface area contributed by atoms with Crippen LogP contribution in [0, 0.1) is 5.82 Å². The van der Waals surface area contributed by atoms with Crippen molar-refractivity contribution >= 4 is 28.0 Å². The summed E-state index contributed by atoms with van der Waals surface area (Å²) in [5.41, 5.74) is 5.85. The van der Waals surface area contributed by atoms with Crippen molar-refractivity contribution < 1.29 is 14.3 Å². The molecule has 20 heavy (non-hydrogen) atoms. The van der Waals surface area contributed by atoms with E-state index in [1.807, 2.05) is 12.1 Å². The van der Waals surface area contributed by atoms with Gasteiger partial charge in [-0.25, -0.2) is 4.39 Å². The van der Waals surface area contributed by atoms with Gasteiger partial charge in [0, 0.05) is 15.5 Å². The Balaban J connectivity index is 2.01. The number of nitrogens with two attached hydrogens (primary N) is 1. The molecule has 0 radical (unpaired) electrons. The van der Waals surface area contributed by atoms with E-state index < -0.39 is 16.9 Å². The van der Waals surface area contributed by atoms with Crippen LogP contribution in [0.25, 0.3) is 6.08 Å². The van der Waals surface area contributed by atoms with Crippen molar-refractivity contribution in [2.45, 2.75) is 36.6 Å². The van der Waals surface area contributed by atoms with E-state index in [2.05, 4.69) is 15.9 Å². The molecule has 5 heteroatoms. The molecule has 0 heterocycles. The molecule has 1 spiro atoms. The first-order valence-electron chi connectivity index (χ1n) is 6.58. The molecule has 0 amide bonds. The average molecular weight is 340 g/mol. The number of fused-ring (bicyclic) bond motifs is 2. The van der Waals surface area contributed by atoms with Gasteiger partial charge in [0.2, 0.25) is 0 Å². The van der Waals surface area contributed by atoms with Crippen LogP contribution < -0.4 is 5.73 Å². The van der Waals surface area contributed by atoms with Crippen molar-refractivity contribution in [1.29, 1.82) is 0 Å². The van der Waals surface area contributed by atoms with Crippen LogP contribution in [0.3, 0.4) is 0 Å². The van der Waals surface area contributed by atoms with Gasteiger partial charge in [0.1, 0.15) is 11.4 Å². The fourth-order valence-corrected chi connectivity index (χ4v) is 4.23. The van der Waals surface area contributed by atoms with Gasteiger partial charge in [-0.1, -0.05) is 28.1 Å². The first-order chi connectivity index (χ1) is 9.39. The molecule has 3 rings (SSSR count). The third-order valence-corrected chi connectivity index (χ3v) is 5.67. The lowest BCUT2D eigenvalue weighted by Gasteiger charge is -2.42. The average Bonchev–Trinajstić information content (AvgIpc) is 2.67. The highest BCUT2D eigenvalue weighted by Gasteiger charge is 2.50. The summed E-state index contributed by atoms with van der Waals surface area (Å²) in [5, 5.41) is 9.22.